The molecule has 5 aliphatic carbocycles. The van der Waals surface area contributed by atoms with Gasteiger partial charge in [-0.25, -0.2) is 0 Å². The molecule has 14 nitrogen and oxygen atoms in total. The fourth-order valence-electron chi connectivity index (χ4n) is 13.5. The summed E-state index contributed by atoms with van der Waals surface area (Å²) in [6.07, 6.45) is -8.60. The first-order valence-electron chi connectivity index (χ1n) is 20.4. The van der Waals surface area contributed by atoms with Crippen molar-refractivity contribution in [3.63, 3.8) is 0 Å². The lowest BCUT2D eigenvalue weighted by Gasteiger charge is -2.71. The minimum atomic E-state index is -1.67. The fourth-order valence-corrected chi connectivity index (χ4v) is 13.5. The summed E-state index contributed by atoms with van der Waals surface area (Å²) in [4.78, 5) is 13.1. The average Bonchev–Trinajstić information content (AvgIpc) is 3.10. The van der Waals surface area contributed by atoms with Crippen LogP contribution < -0.4 is 0 Å². The van der Waals surface area contributed by atoms with Crippen LogP contribution in [-0.4, -0.2) is 139 Å². The molecule has 7 aliphatic rings. The Morgan fingerprint density at radius 3 is 2.13 bits per heavy atom. The highest BCUT2D eigenvalue weighted by atomic mass is 16.7. The van der Waals surface area contributed by atoms with Gasteiger partial charge in [0.25, 0.3) is 0 Å². The van der Waals surface area contributed by atoms with E-state index in [1.807, 2.05) is 13.8 Å². The Hall–Kier alpha value is -1.27. The van der Waals surface area contributed by atoms with E-state index in [0.29, 0.717) is 25.7 Å². The number of aliphatic hydroxyl groups excluding tert-OH is 8. The summed E-state index contributed by atoms with van der Waals surface area (Å²) in [6, 6.07) is 0. The van der Waals surface area contributed by atoms with Crippen molar-refractivity contribution in [1.82, 2.24) is 0 Å². The van der Waals surface area contributed by atoms with Gasteiger partial charge in [0.15, 0.2) is 12.6 Å². The van der Waals surface area contributed by atoms with Gasteiger partial charge in [-0.2, -0.15) is 0 Å². The molecule has 0 unspecified atom stereocenters. The van der Waals surface area contributed by atoms with Crippen LogP contribution in [0.5, 0.6) is 0 Å². The number of carboxylic acids is 1. The number of carbonyl (C=O) groups is 1. The van der Waals surface area contributed by atoms with Crippen molar-refractivity contribution in [3.05, 3.63) is 11.6 Å². The number of rotatable bonds is 6. The SMILES string of the molecule is CC1(C)C[C@H]2C3=CC[C@@H]4[C@@]5(C)C[C@@H](O)[C@H](O[C@@H]6O[C@H](CO)[C@@H](O[C@@H]7OC[C@@H](O)[C@H](O)[C@H]7O)[C@H](O)[C@H]6O)C(C)(C)[C@@H]5CC[C@@]4(C)[C@]3(C)CC[C@@]2(C(=O)O)C[C@@H]1O. The van der Waals surface area contributed by atoms with Crippen LogP contribution in [0.3, 0.4) is 0 Å². The maximum absolute atomic E-state index is 13.1. The van der Waals surface area contributed by atoms with Crippen molar-refractivity contribution in [2.75, 3.05) is 13.2 Å². The maximum atomic E-state index is 13.1. The largest absolute Gasteiger partial charge is 0.481 e. The summed E-state index contributed by atoms with van der Waals surface area (Å²) in [5, 5.41) is 97.0. The van der Waals surface area contributed by atoms with Gasteiger partial charge in [-0.1, -0.05) is 60.1 Å². The molecule has 7 rings (SSSR count). The molecule has 9 N–H and O–H groups in total. The molecule has 314 valence electrons. The molecule has 0 amide bonds. The van der Waals surface area contributed by atoms with E-state index >= 15 is 0 Å². The zero-order chi connectivity index (χ0) is 40.4. The van der Waals surface area contributed by atoms with Crippen molar-refractivity contribution in [1.29, 1.82) is 0 Å². The van der Waals surface area contributed by atoms with Crippen LogP contribution in [0.25, 0.3) is 0 Å². The van der Waals surface area contributed by atoms with Gasteiger partial charge in [0.1, 0.15) is 42.7 Å². The zero-order valence-electron chi connectivity index (χ0n) is 33.4. The molecule has 0 bridgehead atoms. The Morgan fingerprint density at radius 2 is 1.47 bits per heavy atom. The third-order valence-electron chi connectivity index (χ3n) is 17.0. The molecule has 14 heteroatoms. The third kappa shape index (κ3) is 6.05. The fraction of sp³-hybridized carbons (Fsp3) is 0.927. The van der Waals surface area contributed by atoms with E-state index in [0.717, 1.165) is 19.3 Å². The smallest absolute Gasteiger partial charge is 0.310 e. The lowest BCUT2D eigenvalue weighted by Crippen LogP contribution is -2.69. The zero-order valence-corrected chi connectivity index (χ0v) is 33.4. The van der Waals surface area contributed by atoms with Gasteiger partial charge in [-0.15, -0.1) is 0 Å². The highest BCUT2D eigenvalue weighted by Crippen LogP contribution is 2.76. The summed E-state index contributed by atoms with van der Waals surface area (Å²) in [7, 11) is 0. The number of allylic oxidation sites excluding steroid dienone is 2. The lowest BCUT2D eigenvalue weighted by atomic mass is 9.33. The number of carboxylic acid groups (broad SMARTS) is 1. The summed E-state index contributed by atoms with van der Waals surface area (Å²) in [5.74, 6) is -0.723. The van der Waals surface area contributed by atoms with Gasteiger partial charge < -0.3 is 64.9 Å². The quantitative estimate of drug-likeness (QED) is 0.137. The number of ether oxygens (including phenoxy) is 4. The molecule has 0 spiro atoms. The van der Waals surface area contributed by atoms with E-state index in [9.17, 15) is 50.8 Å². The molecule has 0 aromatic carbocycles. The first-order chi connectivity index (χ1) is 25.5. The lowest BCUT2D eigenvalue weighted by molar-refractivity contribution is -0.366. The second-order valence-corrected chi connectivity index (χ2v) is 20.4. The van der Waals surface area contributed by atoms with Crippen LogP contribution in [0.4, 0.5) is 0 Å². The van der Waals surface area contributed by atoms with E-state index in [1.165, 1.54) is 5.57 Å². The third-order valence-corrected chi connectivity index (χ3v) is 17.0. The second-order valence-electron chi connectivity index (χ2n) is 20.4. The van der Waals surface area contributed by atoms with Crippen molar-refractivity contribution < 1.29 is 69.7 Å². The highest BCUT2D eigenvalue weighted by Gasteiger charge is 2.71. The molecule has 2 saturated heterocycles. The van der Waals surface area contributed by atoms with E-state index in [2.05, 4.69) is 40.7 Å². The second kappa shape index (κ2) is 13.9. The van der Waals surface area contributed by atoms with Crippen molar-refractivity contribution in [3.8, 4) is 0 Å². The first-order valence-corrected chi connectivity index (χ1v) is 20.4. The maximum Gasteiger partial charge on any atom is 0.310 e. The molecule has 55 heavy (non-hydrogen) atoms. The molecule has 0 aromatic rings. The normalized spacial score (nSPS) is 54.5. The molecule has 19 atom stereocenters. The first kappa shape index (κ1) is 41.9. The molecule has 2 aliphatic heterocycles. The van der Waals surface area contributed by atoms with Crippen molar-refractivity contribution in [2.45, 2.75) is 173 Å². The number of fused-ring (bicyclic) bond motifs is 7. The molecular formula is C41H66O14. The van der Waals surface area contributed by atoms with E-state index in [4.69, 9.17) is 18.9 Å². The van der Waals surface area contributed by atoms with Gasteiger partial charge >= 0.3 is 5.97 Å². The molecule has 2 heterocycles. The number of hydrogen-bond donors (Lipinski definition) is 9. The Balaban J connectivity index is 1.12. The summed E-state index contributed by atoms with van der Waals surface area (Å²) >= 11 is 0. The van der Waals surface area contributed by atoms with Crippen LogP contribution in [-0.2, 0) is 23.7 Å². The summed E-state index contributed by atoms with van der Waals surface area (Å²) in [5.41, 5.74) is -1.58. The Kier molecular flexibility index (Phi) is 10.6. The van der Waals surface area contributed by atoms with Crippen LogP contribution in [0, 0.1) is 50.2 Å². The van der Waals surface area contributed by atoms with Crippen LogP contribution in [0.15, 0.2) is 11.6 Å². The Labute approximate surface area is 323 Å². The predicted octanol–water partition coefficient (Wildman–Crippen LogP) is 1.46. The van der Waals surface area contributed by atoms with Gasteiger partial charge in [0, 0.05) is 0 Å². The van der Waals surface area contributed by atoms with Gasteiger partial charge in [0.2, 0.25) is 0 Å². The molecular weight excluding hydrogens is 716 g/mol. The van der Waals surface area contributed by atoms with Crippen molar-refractivity contribution >= 4 is 5.97 Å². The van der Waals surface area contributed by atoms with E-state index in [-0.39, 0.29) is 47.0 Å². The molecule has 4 saturated carbocycles. The predicted molar refractivity (Wildman–Crippen MR) is 195 cm³/mol. The molecule has 0 aromatic heterocycles. The highest BCUT2D eigenvalue weighted by molar-refractivity contribution is 5.77. The van der Waals surface area contributed by atoms with Crippen LogP contribution in [0.1, 0.15) is 99.8 Å². The van der Waals surface area contributed by atoms with E-state index in [1.54, 1.807) is 0 Å². The molecule has 6 fully saturated rings. The monoisotopic (exact) mass is 782 g/mol. The van der Waals surface area contributed by atoms with Crippen LogP contribution in [0.2, 0.25) is 0 Å². The molecule has 0 radical (unpaired) electrons. The topological polar surface area (TPSA) is 236 Å². The summed E-state index contributed by atoms with van der Waals surface area (Å²) < 4.78 is 23.5. The van der Waals surface area contributed by atoms with Gasteiger partial charge in [-0.05, 0) is 96.2 Å². The summed E-state index contributed by atoms with van der Waals surface area (Å²) in [6.45, 7) is 14.2. The number of aliphatic hydroxyl groups is 8. The minimum absolute atomic E-state index is 0.0811. The number of aliphatic carboxylic acids is 1. The Bertz CT molecular complexity index is 1500. The standard InChI is InChI=1S/C41H66O14/c1-36(2)14-20-19-8-9-25-38(5)15-21(43)32(55-34-30(49)28(47)31(23(17-42)53-34)54-33-29(48)27(46)22(44)18-52-33)37(3,4)24(38)10-11-40(25,7)39(19,6)12-13-41(20,35(50)51)16-26(36)45/h8,20-34,42-49H,9-18H2,1-7H3,(H,50,51)/t20-,21+,22+,23+,24-,25+,26-,27-,28+,29+,30+,31+,32-,33-,34-,38-,39+,40+,41+/m0/s1. The Morgan fingerprint density at radius 1 is 0.800 bits per heavy atom. The van der Waals surface area contributed by atoms with E-state index < -0.39 is 102 Å². The van der Waals surface area contributed by atoms with Crippen molar-refractivity contribution in [2.24, 2.45) is 50.2 Å². The average molecular weight is 783 g/mol. The van der Waals surface area contributed by atoms with Gasteiger partial charge in [0.05, 0.1) is 36.9 Å². The number of hydrogen-bond acceptors (Lipinski definition) is 13. The van der Waals surface area contributed by atoms with Gasteiger partial charge in [-0.3, -0.25) is 4.79 Å². The van der Waals surface area contributed by atoms with Crippen LogP contribution >= 0.6 is 0 Å². The minimum Gasteiger partial charge on any atom is -0.481 e.